The number of rotatable bonds is 6. The Bertz CT molecular complexity index is 671. The van der Waals surface area contributed by atoms with Gasteiger partial charge in [-0.1, -0.05) is 31.2 Å². The van der Waals surface area contributed by atoms with Crippen LogP contribution in [0.25, 0.3) is 10.2 Å². The number of thioether (sulfide) groups is 1. The summed E-state index contributed by atoms with van der Waals surface area (Å²) in [6.07, 6.45) is 0. The molecule has 0 amide bonds. The second-order valence-electron chi connectivity index (χ2n) is 4.79. The number of nitrogens with one attached hydrogen (secondary N) is 1. The van der Waals surface area contributed by atoms with Crippen molar-refractivity contribution in [1.29, 1.82) is 0 Å². The van der Waals surface area contributed by atoms with E-state index < -0.39 is 0 Å². The van der Waals surface area contributed by atoms with E-state index in [0.717, 1.165) is 24.4 Å². The predicted octanol–water partition coefficient (Wildman–Crippen LogP) is 4.70. The Morgan fingerprint density at radius 3 is 2.67 bits per heavy atom. The summed E-state index contributed by atoms with van der Waals surface area (Å²) in [6, 6.07) is 17.1. The molecule has 3 aromatic rings. The van der Waals surface area contributed by atoms with E-state index in [4.69, 9.17) is 0 Å². The maximum absolute atomic E-state index is 4.67. The molecule has 21 heavy (non-hydrogen) atoms. The van der Waals surface area contributed by atoms with Crippen LogP contribution in [-0.4, -0.2) is 11.5 Å². The fraction of sp³-hybridized carbons (Fsp3) is 0.235. The molecular formula is C17H18N2S2. The van der Waals surface area contributed by atoms with Gasteiger partial charge in [0, 0.05) is 11.4 Å². The third kappa shape index (κ3) is 3.84. The van der Waals surface area contributed by atoms with Crippen molar-refractivity contribution in [2.45, 2.75) is 24.1 Å². The standard InChI is InChI=1S/C17H18N2S2/c1-2-18-11-13-7-9-14(10-8-13)20-12-17-19-15-5-3-4-6-16(15)21-17/h3-10,18H,2,11-12H2,1H3. The molecule has 1 aromatic heterocycles. The molecule has 2 aromatic carbocycles. The number of para-hydroxylation sites is 1. The van der Waals surface area contributed by atoms with Crippen LogP contribution in [0.3, 0.4) is 0 Å². The van der Waals surface area contributed by atoms with Crippen LogP contribution in [0, 0.1) is 0 Å². The van der Waals surface area contributed by atoms with E-state index in [9.17, 15) is 0 Å². The Hall–Kier alpha value is -1.36. The lowest BCUT2D eigenvalue weighted by atomic mass is 10.2. The summed E-state index contributed by atoms with van der Waals surface area (Å²) in [6.45, 7) is 4.08. The SMILES string of the molecule is CCNCc1ccc(SCc2nc3ccccc3s2)cc1. The van der Waals surface area contributed by atoms with Crippen molar-refractivity contribution in [1.82, 2.24) is 10.3 Å². The molecule has 4 heteroatoms. The van der Waals surface area contributed by atoms with Crippen molar-refractivity contribution in [2.24, 2.45) is 0 Å². The molecule has 0 aliphatic heterocycles. The van der Waals surface area contributed by atoms with Crippen molar-refractivity contribution in [2.75, 3.05) is 6.54 Å². The van der Waals surface area contributed by atoms with Crippen LogP contribution in [0.15, 0.2) is 53.4 Å². The second kappa shape index (κ2) is 7.07. The number of benzene rings is 2. The Kier molecular flexibility index (Phi) is 4.91. The van der Waals surface area contributed by atoms with Gasteiger partial charge in [0.15, 0.2) is 0 Å². The predicted molar refractivity (Wildman–Crippen MR) is 93.0 cm³/mol. The lowest BCUT2D eigenvalue weighted by molar-refractivity contribution is 0.726. The minimum absolute atomic E-state index is 0.936. The van der Waals surface area contributed by atoms with Gasteiger partial charge in [0.1, 0.15) is 5.01 Å². The van der Waals surface area contributed by atoms with E-state index in [2.05, 4.69) is 59.7 Å². The van der Waals surface area contributed by atoms with Crippen molar-refractivity contribution in [3.63, 3.8) is 0 Å². The lowest BCUT2D eigenvalue weighted by Gasteiger charge is -2.03. The number of nitrogens with zero attached hydrogens (tertiary/aromatic N) is 1. The molecule has 1 N–H and O–H groups in total. The maximum atomic E-state index is 4.67. The molecule has 0 saturated heterocycles. The highest BCUT2D eigenvalue weighted by Gasteiger charge is 2.04. The topological polar surface area (TPSA) is 24.9 Å². The highest BCUT2D eigenvalue weighted by Crippen LogP contribution is 2.28. The normalized spacial score (nSPS) is 11.1. The summed E-state index contributed by atoms with van der Waals surface area (Å²) in [5, 5.41) is 4.53. The van der Waals surface area contributed by atoms with Crippen LogP contribution < -0.4 is 5.32 Å². The third-order valence-corrected chi connectivity index (χ3v) is 5.45. The fourth-order valence-corrected chi connectivity index (χ4v) is 3.96. The Morgan fingerprint density at radius 2 is 1.90 bits per heavy atom. The molecule has 1 heterocycles. The zero-order valence-corrected chi connectivity index (χ0v) is 13.6. The molecule has 0 fully saturated rings. The molecule has 0 aliphatic rings. The molecule has 0 saturated carbocycles. The number of hydrogen-bond donors (Lipinski definition) is 1. The number of fused-ring (bicyclic) bond motifs is 1. The molecular weight excluding hydrogens is 296 g/mol. The average molecular weight is 314 g/mol. The molecule has 0 atom stereocenters. The molecule has 108 valence electrons. The highest BCUT2D eigenvalue weighted by molar-refractivity contribution is 7.98. The molecule has 0 spiro atoms. The summed E-state index contributed by atoms with van der Waals surface area (Å²) in [5.41, 5.74) is 2.44. The fourth-order valence-electron chi connectivity index (χ4n) is 2.10. The van der Waals surface area contributed by atoms with Crippen LogP contribution in [0.4, 0.5) is 0 Å². The number of hydrogen-bond acceptors (Lipinski definition) is 4. The smallest absolute Gasteiger partial charge is 0.104 e. The first-order valence-corrected chi connectivity index (χ1v) is 8.92. The third-order valence-electron chi connectivity index (χ3n) is 3.20. The van der Waals surface area contributed by atoms with E-state index in [-0.39, 0.29) is 0 Å². The maximum Gasteiger partial charge on any atom is 0.104 e. The molecule has 3 rings (SSSR count). The first-order valence-electron chi connectivity index (χ1n) is 7.12. The summed E-state index contributed by atoms with van der Waals surface area (Å²) < 4.78 is 1.27. The summed E-state index contributed by atoms with van der Waals surface area (Å²) in [5.74, 6) is 0.936. The van der Waals surface area contributed by atoms with Crippen LogP contribution in [0.1, 0.15) is 17.5 Å². The van der Waals surface area contributed by atoms with Gasteiger partial charge in [-0.2, -0.15) is 0 Å². The Balaban J connectivity index is 1.61. The summed E-state index contributed by atoms with van der Waals surface area (Å²) in [4.78, 5) is 5.97. The van der Waals surface area contributed by atoms with Gasteiger partial charge in [-0.05, 0) is 36.4 Å². The van der Waals surface area contributed by atoms with Gasteiger partial charge in [0.2, 0.25) is 0 Å². The number of thiazole rings is 1. The Morgan fingerprint density at radius 1 is 1.10 bits per heavy atom. The Labute approximate surface area is 133 Å². The van der Waals surface area contributed by atoms with E-state index in [1.54, 1.807) is 11.3 Å². The molecule has 0 bridgehead atoms. The zero-order chi connectivity index (χ0) is 14.5. The highest BCUT2D eigenvalue weighted by atomic mass is 32.2. The van der Waals surface area contributed by atoms with Gasteiger partial charge < -0.3 is 5.32 Å². The van der Waals surface area contributed by atoms with Crippen molar-refractivity contribution in [3.05, 3.63) is 59.1 Å². The van der Waals surface area contributed by atoms with Gasteiger partial charge in [0.25, 0.3) is 0 Å². The monoisotopic (exact) mass is 314 g/mol. The van der Waals surface area contributed by atoms with Gasteiger partial charge in [-0.25, -0.2) is 4.98 Å². The molecule has 0 aliphatic carbocycles. The quantitative estimate of drug-likeness (QED) is 0.668. The number of aromatic nitrogens is 1. The van der Waals surface area contributed by atoms with Crippen molar-refractivity contribution >= 4 is 33.3 Å². The van der Waals surface area contributed by atoms with Crippen LogP contribution >= 0.6 is 23.1 Å². The average Bonchev–Trinajstić information content (AvgIpc) is 2.95. The van der Waals surface area contributed by atoms with Gasteiger partial charge in [-0.15, -0.1) is 23.1 Å². The molecule has 0 radical (unpaired) electrons. The summed E-state index contributed by atoms with van der Waals surface area (Å²) in [7, 11) is 0. The van der Waals surface area contributed by atoms with Crippen LogP contribution in [-0.2, 0) is 12.3 Å². The lowest BCUT2D eigenvalue weighted by Crippen LogP contribution is -2.11. The van der Waals surface area contributed by atoms with Crippen molar-refractivity contribution < 1.29 is 0 Å². The van der Waals surface area contributed by atoms with Crippen LogP contribution in [0.5, 0.6) is 0 Å². The summed E-state index contributed by atoms with van der Waals surface area (Å²) >= 11 is 3.64. The van der Waals surface area contributed by atoms with E-state index >= 15 is 0 Å². The van der Waals surface area contributed by atoms with Gasteiger partial charge in [0.05, 0.1) is 16.0 Å². The van der Waals surface area contributed by atoms with E-state index in [1.807, 2.05) is 17.8 Å². The zero-order valence-electron chi connectivity index (χ0n) is 12.0. The van der Waals surface area contributed by atoms with E-state index in [0.29, 0.717) is 0 Å². The second-order valence-corrected chi connectivity index (χ2v) is 6.95. The minimum Gasteiger partial charge on any atom is -0.313 e. The first-order chi connectivity index (χ1) is 10.3. The largest absolute Gasteiger partial charge is 0.313 e. The molecule has 0 unspecified atom stereocenters. The van der Waals surface area contributed by atoms with Crippen LogP contribution in [0.2, 0.25) is 0 Å². The van der Waals surface area contributed by atoms with Crippen molar-refractivity contribution in [3.8, 4) is 0 Å². The first kappa shape index (κ1) is 14.6. The molecule has 2 nitrogen and oxygen atoms in total. The van der Waals surface area contributed by atoms with E-state index in [1.165, 1.54) is 20.2 Å². The van der Waals surface area contributed by atoms with Gasteiger partial charge >= 0.3 is 0 Å². The minimum atomic E-state index is 0.936. The van der Waals surface area contributed by atoms with Gasteiger partial charge in [-0.3, -0.25) is 0 Å².